The van der Waals surface area contributed by atoms with E-state index in [1.54, 1.807) is 0 Å². The van der Waals surface area contributed by atoms with Crippen molar-refractivity contribution in [2.75, 3.05) is 0 Å². The summed E-state index contributed by atoms with van der Waals surface area (Å²) in [6.07, 6.45) is 0. The van der Waals surface area contributed by atoms with Gasteiger partial charge in [0.2, 0.25) is 0 Å². The minimum Gasteiger partial charge on any atom is -0.547 e. The van der Waals surface area contributed by atoms with Crippen LogP contribution in [0.4, 0.5) is 0 Å². The SMILES string of the molecule is N=N[C@@H](C(=N)C(=O)[O-])C(=O)[O-].[Na+].[Na+]. The molecule has 0 spiro atoms. The van der Waals surface area contributed by atoms with Gasteiger partial charge in [-0.1, -0.05) is 0 Å². The maximum atomic E-state index is 9.92. The summed E-state index contributed by atoms with van der Waals surface area (Å²) >= 11 is 0. The van der Waals surface area contributed by atoms with Crippen LogP contribution in [0.15, 0.2) is 5.11 Å². The third-order valence-electron chi connectivity index (χ3n) is 0.846. The summed E-state index contributed by atoms with van der Waals surface area (Å²) < 4.78 is 0. The molecular weight excluding hydrogens is 200 g/mol. The Morgan fingerprint density at radius 2 is 1.62 bits per heavy atom. The zero-order valence-electron chi connectivity index (χ0n) is 7.16. The van der Waals surface area contributed by atoms with Crippen LogP contribution in [0.5, 0.6) is 0 Å². The predicted molar refractivity (Wildman–Crippen MR) is 26.7 cm³/mol. The molecule has 0 rings (SSSR count). The number of nitrogens with one attached hydrogen (secondary N) is 2. The van der Waals surface area contributed by atoms with Crippen LogP contribution in [-0.4, -0.2) is 23.7 Å². The molecule has 0 unspecified atom stereocenters. The molecule has 0 aromatic carbocycles. The first-order valence-electron chi connectivity index (χ1n) is 2.38. The van der Waals surface area contributed by atoms with Gasteiger partial charge in [0, 0.05) is 0 Å². The van der Waals surface area contributed by atoms with Crippen LogP contribution in [0, 0.1) is 10.9 Å². The fraction of sp³-hybridized carbons (Fsp3) is 0.250. The molecule has 0 aromatic heterocycles. The molecule has 0 aromatic rings. The number of carbonyl (C=O) groups is 2. The molecule has 7 nitrogen and oxygen atoms in total. The normalized spacial score (nSPS) is 9.85. The molecule has 0 heterocycles. The zero-order valence-corrected chi connectivity index (χ0v) is 11.2. The Balaban J connectivity index is -0.000000500. The van der Waals surface area contributed by atoms with E-state index in [9.17, 15) is 19.8 Å². The minimum atomic E-state index is -2.07. The Hall–Kier alpha value is 0.210. The third kappa shape index (κ3) is 6.30. The third-order valence-corrected chi connectivity index (χ3v) is 0.846. The van der Waals surface area contributed by atoms with E-state index in [1.165, 1.54) is 0 Å². The molecule has 0 aliphatic rings. The topological polar surface area (TPSA) is 140 Å². The van der Waals surface area contributed by atoms with Gasteiger partial charge in [0.15, 0.2) is 6.04 Å². The van der Waals surface area contributed by atoms with Crippen LogP contribution >= 0.6 is 0 Å². The Bertz CT molecular complexity index is 231. The molecule has 13 heavy (non-hydrogen) atoms. The van der Waals surface area contributed by atoms with Crippen LogP contribution in [0.25, 0.3) is 0 Å². The molecule has 9 heteroatoms. The maximum Gasteiger partial charge on any atom is 1.00 e. The first-order valence-corrected chi connectivity index (χ1v) is 2.38. The largest absolute Gasteiger partial charge is 1.00 e. The fourth-order valence-electron chi connectivity index (χ4n) is 0.347. The smallest absolute Gasteiger partial charge is 0.547 e. The molecule has 0 saturated heterocycles. The molecule has 0 bridgehead atoms. The number of hydrogen-bond donors (Lipinski definition) is 2. The first-order chi connectivity index (χ1) is 5.00. The van der Waals surface area contributed by atoms with Crippen LogP contribution in [0.1, 0.15) is 0 Å². The van der Waals surface area contributed by atoms with Gasteiger partial charge in [-0.05, 0) is 0 Å². The van der Waals surface area contributed by atoms with Gasteiger partial charge in [-0.2, -0.15) is 5.11 Å². The molecule has 1 atom stereocenters. The quantitative estimate of drug-likeness (QED) is 0.266. The van der Waals surface area contributed by atoms with Crippen molar-refractivity contribution < 1.29 is 78.9 Å². The first kappa shape index (κ1) is 18.9. The van der Waals surface area contributed by atoms with Crippen molar-refractivity contribution in [3.05, 3.63) is 0 Å². The number of rotatable bonds is 4. The second-order valence-electron chi connectivity index (χ2n) is 1.55. The Kier molecular flexibility index (Phi) is 12.8. The van der Waals surface area contributed by atoms with Crippen molar-refractivity contribution in [2.45, 2.75) is 6.04 Å². The minimum absolute atomic E-state index is 0. The van der Waals surface area contributed by atoms with E-state index in [0.29, 0.717) is 0 Å². The molecule has 2 N–H and O–H groups in total. The molecule has 60 valence electrons. The van der Waals surface area contributed by atoms with E-state index < -0.39 is 23.7 Å². The van der Waals surface area contributed by atoms with Gasteiger partial charge in [0.05, 0.1) is 17.7 Å². The van der Waals surface area contributed by atoms with Gasteiger partial charge in [0.25, 0.3) is 0 Å². The average molecular weight is 203 g/mol. The molecule has 0 saturated carbocycles. The Morgan fingerprint density at radius 3 is 1.69 bits per heavy atom. The monoisotopic (exact) mass is 203 g/mol. The number of carbonyl (C=O) groups excluding carboxylic acids is 2. The summed E-state index contributed by atoms with van der Waals surface area (Å²) in [5, 5.41) is 28.6. The standard InChI is InChI=1S/C4H5N3O4.2Na/c5-1(3(8)9)2(7-6)4(10)11;;/h2,5-6H,(H,8,9)(H,10,11);;/q;2*+1/p-2/t2-;;/m0../s1. The van der Waals surface area contributed by atoms with Crippen molar-refractivity contribution in [2.24, 2.45) is 5.11 Å². The van der Waals surface area contributed by atoms with Crippen LogP contribution in [0.3, 0.4) is 0 Å². The van der Waals surface area contributed by atoms with E-state index in [2.05, 4.69) is 5.11 Å². The van der Waals surface area contributed by atoms with Gasteiger partial charge in [-0.15, -0.1) is 0 Å². The summed E-state index contributed by atoms with van der Waals surface area (Å²) in [7, 11) is 0. The van der Waals surface area contributed by atoms with Gasteiger partial charge in [-0.25, -0.2) is 5.53 Å². The summed E-state index contributed by atoms with van der Waals surface area (Å²) in [4.78, 5) is 19.8. The van der Waals surface area contributed by atoms with Crippen molar-refractivity contribution in [3.8, 4) is 0 Å². The van der Waals surface area contributed by atoms with Gasteiger partial charge >= 0.3 is 59.1 Å². The fourth-order valence-corrected chi connectivity index (χ4v) is 0.347. The van der Waals surface area contributed by atoms with E-state index in [4.69, 9.17) is 10.9 Å². The maximum absolute atomic E-state index is 9.92. The number of aliphatic carboxylic acids is 2. The Labute approximate surface area is 117 Å². The molecular formula is C4H3N3Na2O4. The second-order valence-corrected chi connectivity index (χ2v) is 1.55. The van der Waals surface area contributed by atoms with Crippen molar-refractivity contribution in [1.82, 2.24) is 0 Å². The van der Waals surface area contributed by atoms with E-state index in [0.717, 1.165) is 0 Å². The van der Waals surface area contributed by atoms with E-state index >= 15 is 0 Å². The zero-order chi connectivity index (χ0) is 9.02. The summed E-state index contributed by atoms with van der Waals surface area (Å²) in [5.74, 6) is -3.88. The van der Waals surface area contributed by atoms with E-state index in [-0.39, 0.29) is 59.1 Å². The van der Waals surface area contributed by atoms with Crippen LogP contribution < -0.4 is 69.3 Å². The summed E-state index contributed by atoms with van der Waals surface area (Å²) in [5.41, 5.74) is 4.89. The molecule has 0 fully saturated rings. The van der Waals surface area contributed by atoms with Crippen LogP contribution in [-0.2, 0) is 9.59 Å². The number of carboxylic acid groups (broad SMARTS) is 2. The van der Waals surface area contributed by atoms with Crippen molar-refractivity contribution in [3.63, 3.8) is 0 Å². The number of hydrogen-bond acceptors (Lipinski definition) is 7. The second kappa shape index (κ2) is 8.79. The van der Waals surface area contributed by atoms with Gasteiger partial charge < -0.3 is 25.2 Å². The van der Waals surface area contributed by atoms with E-state index in [1.807, 2.05) is 0 Å². The Morgan fingerprint density at radius 1 is 1.23 bits per heavy atom. The summed E-state index contributed by atoms with van der Waals surface area (Å²) in [6, 6.07) is -2.07. The van der Waals surface area contributed by atoms with Crippen molar-refractivity contribution >= 4 is 17.7 Å². The molecule has 0 amide bonds. The number of nitrogens with zero attached hydrogens (tertiary/aromatic N) is 1. The molecule has 0 aliphatic heterocycles. The summed E-state index contributed by atoms with van der Waals surface area (Å²) in [6.45, 7) is 0. The van der Waals surface area contributed by atoms with Gasteiger partial charge in [0.1, 0.15) is 0 Å². The molecule has 0 aliphatic carbocycles. The van der Waals surface area contributed by atoms with Crippen molar-refractivity contribution in [1.29, 1.82) is 10.9 Å². The van der Waals surface area contributed by atoms with Gasteiger partial charge in [-0.3, -0.25) is 0 Å². The van der Waals surface area contributed by atoms with Crippen LogP contribution in [0.2, 0.25) is 0 Å². The number of carboxylic acids is 2. The average Bonchev–Trinajstić information content (AvgIpc) is 1.88. The molecule has 0 radical (unpaired) electrons. The predicted octanol–water partition coefficient (Wildman–Crippen LogP) is -9.09.